The van der Waals surface area contributed by atoms with Crippen LogP contribution in [0.25, 0.3) is 0 Å². The minimum absolute atomic E-state index is 0.225. The van der Waals surface area contributed by atoms with Crippen molar-refractivity contribution in [3.8, 4) is 12.3 Å². The standard InChI is InChI=1S/C7H13NO4S2/c1-4-5-7(2)8-14(11,12)6-13(3,9)10/h1,7-8H,5-6H2,2-3H3. The molecule has 0 saturated carbocycles. The zero-order valence-corrected chi connectivity index (χ0v) is 9.65. The van der Waals surface area contributed by atoms with Gasteiger partial charge in [-0.25, -0.2) is 21.6 Å². The van der Waals surface area contributed by atoms with Crippen LogP contribution in [-0.4, -0.2) is 34.2 Å². The molecule has 0 aromatic rings. The molecule has 14 heavy (non-hydrogen) atoms. The van der Waals surface area contributed by atoms with Gasteiger partial charge in [0, 0.05) is 18.7 Å². The van der Waals surface area contributed by atoms with Crippen LogP contribution in [0.2, 0.25) is 0 Å². The molecule has 0 aromatic heterocycles. The minimum Gasteiger partial charge on any atom is -0.228 e. The molecule has 1 unspecified atom stereocenters. The average molecular weight is 239 g/mol. The molecule has 5 nitrogen and oxygen atoms in total. The van der Waals surface area contributed by atoms with Crippen molar-refractivity contribution in [2.45, 2.75) is 19.4 Å². The van der Waals surface area contributed by atoms with Crippen molar-refractivity contribution in [3.63, 3.8) is 0 Å². The highest BCUT2D eigenvalue weighted by Crippen LogP contribution is 1.96. The molecule has 0 aliphatic rings. The fourth-order valence-electron chi connectivity index (χ4n) is 0.841. The van der Waals surface area contributed by atoms with Gasteiger partial charge in [-0.2, -0.15) is 0 Å². The van der Waals surface area contributed by atoms with Gasteiger partial charge in [-0.15, -0.1) is 12.3 Å². The zero-order valence-electron chi connectivity index (χ0n) is 8.02. The van der Waals surface area contributed by atoms with Crippen molar-refractivity contribution in [1.82, 2.24) is 4.72 Å². The molecule has 1 atom stereocenters. The highest BCUT2D eigenvalue weighted by molar-refractivity contribution is 8.06. The molecule has 0 heterocycles. The van der Waals surface area contributed by atoms with Crippen molar-refractivity contribution in [1.29, 1.82) is 0 Å². The van der Waals surface area contributed by atoms with Crippen molar-refractivity contribution >= 4 is 19.9 Å². The van der Waals surface area contributed by atoms with Crippen LogP contribution in [-0.2, 0) is 19.9 Å². The summed E-state index contributed by atoms with van der Waals surface area (Å²) in [5, 5.41) is -0.908. The van der Waals surface area contributed by atoms with Gasteiger partial charge in [-0.3, -0.25) is 0 Å². The smallest absolute Gasteiger partial charge is 0.226 e. The number of hydrogen-bond donors (Lipinski definition) is 1. The van der Waals surface area contributed by atoms with Gasteiger partial charge < -0.3 is 0 Å². The Kier molecular flexibility index (Phi) is 4.58. The number of terminal acetylenes is 1. The molecule has 0 amide bonds. The Morgan fingerprint density at radius 3 is 2.21 bits per heavy atom. The van der Waals surface area contributed by atoms with Crippen LogP contribution in [0.3, 0.4) is 0 Å². The molecule has 0 rings (SSSR count). The zero-order chi connectivity index (χ0) is 11.4. The summed E-state index contributed by atoms with van der Waals surface area (Å²) in [5.74, 6) is 2.28. The lowest BCUT2D eigenvalue weighted by molar-refractivity contribution is 0.565. The second-order valence-corrected chi connectivity index (χ2v) is 7.35. The van der Waals surface area contributed by atoms with Crippen molar-refractivity contribution in [2.75, 3.05) is 11.3 Å². The monoisotopic (exact) mass is 239 g/mol. The summed E-state index contributed by atoms with van der Waals surface area (Å²) in [4.78, 5) is 0. The van der Waals surface area contributed by atoms with E-state index in [4.69, 9.17) is 6.42 Å². The first-order chi connectivity index (χ1) is 6.16. The largest absolute Gasteiger partial charge is 0.228 e. The van der Waals surface area contributed by atoms with E-state index in [0.29, 0.717) is 0 Å². The first-order valence-corrected chi connectivity index (χ1v) is 7.49. The molecular formula is C7H13NO4S2. The van der Waals surface area contributed by atoms with Gasteiger partial charge in [0.2, 0.25) is 10.0 Å². The fourth-order valence-corrected chi connectivity index (χ4v) is 4.06. The molecule has 0 aromatic carbocycles. The Hall–Kier alpha value is -0.580. The summed E-state index contributed by atoms with van der Waals surface area (Å²) < 4.78 is 46.0. The molecule has 0 bridgehead atoms. The molecule has 0 fully saturated rings. The predicted molar refractivity (Wildman–Crippen MR) is 54.7 cm³/mol. The molecule has 0 aliphatic carbocycles. The van der Waals surface area contributed by atoms with E-state index in [-0.39, 0.29) is 6.42 Å². The van der Waals surface area contributed by atoms with Crippen LogP contribution >= 0.6 is 0 Å². The highest BCUT2D eigenvalue weighted by Gasteiger charge is 2.19. The lowest BCUT2D eigenvalue weighted by Gasteiger charge is -2.10. The maximum atomic E-state index is 11.2. The summed E-state index contributed by atoms with van der Waals surface area (Å²) >= 11 is 0. The topological polar surface area (TPSA) is 80.3 Å². The highest BCUT2D eigenvalue weighted by atomic mass is 32.3. The number of sulfone groups is 1. The summed E-state index contributed by atoms with van der Waals surface area (Å²) in [7, 11) is -7.34. The third kappa shape index (κ3) is 6.88. The lowest BCUT2D eigenvalue weighted by Crippen LogP contribution is -2.36. The van der Waals surface area contributed by atoms with Crippen molar-refractivity contribution < 1.29 is 16.8 Å². The van der Waals surface area contributed by atoms with E-state index in [0.717, 1.165) is 6.26 Å². The Bertz CT molecular complexity index is 415. The molecule has 0 saturated heterocycles. The molecular weight excluding hydrogens is 226 g/mol. The van der Waals surface area contributed by atoms with Gasteiger partial charge in [0.05, 0.1) is 0 Å². The summed E-state index contributed by atoms with van der Waals surface area (Å²) in [6, 6.07) is -0.452. The van der Waals surface area contributed by atoms with E-state index in [1.54, 1.807) is 6.92 Å². The Labute approximate surface area is 84.9 Å². The number of sulfonamides is 1. The maximum Gasteiger partial charge on any atom is 0.226 e. The van der Waals surface area contributed by atoms with E-state index in [2.05, 4.69) is 10.6 Å². The van der Waals surface area contributed by atoms with Crippen LogP contribution in [0, 0.1) is 12.3 Å². The second kappa shape index (κ2) is 4.77. The van der Waals surface area contributed by atoms with Gasteiger partial charge >= 0.3 is 0 Å². The quantitative estimate of drug-likeness (QED) is 0.645. The average Bonchev–Trinajstić information content (AvgIpc) is 1.78. The molecule has 0 spiro atoms. The minimum atomic E-state index is -3.79. The van der Waals surface area contributed by atoms with Gasteiger partial charge in [-0.1, -0.05) is 0 Å². The van der Waals surface area contributed by atoms with Crippen molar-refractivity contribution in [3.05, 3.63) is 0 Å². The third-order valence-electron chi connectivity index (χ3n) is 1.17. The van der Waals surface area contributed by atoms with Crippen molar-refractivity contribution in [2.24, 2.45) is 0 Å². The van der Waals surface area contributed by atoms with Crippen LogP contribution in [0.4, 0.5) is 0 Å². The van der Waals surface area contributed by atoms with Crippen LogP contribution in [0.5, 0.6) is 0 Å². The summed E-state index contributed by atoms with van der Waals surface area (Å²) in [6.07, 6.45) is 6.06. The van der Waals surface area contributed by atoms with Crippen LogP contribution < -0.4 is 4.72 Å². The maximum absolute atomic E-state index is 11.2. The fraction of sp³-hybridized carbons (Fsp3) is 0.714. The molecule has 1 N–H and O–H groups in total. The molecule has 0 aliphatic heterocycles. The number of rotatable bonds is 5. The predicted octanol–water partition coefficient (Wildman–Crippen LogP) is -0.680. The Balaban J connectivity index is 4.46. The van der Waals surface area contributed by atoms with Gasteiger partial charge in [0.15, 0.2) is 14.9 Å². The van der Waals surface area contributed by atoms with Gasteiger partial charge in [0.1, 0.15) is 0 Å². The van der Waals surface area contributed by atoms with Crippen LogP contribution in [0.1, 0.15) is 13.3 Å². The summed E-state index contributed by atoms with van der Waals surface area (Å²) in [5.41, 5.74) is 0. The lowest BCUT2D eigenvalue weighted by atomic mass is 10.3. The first kappa shape index (κ1) is 13.4. The molecule has 7 heteroatoms. The Morgan fingerprint density at radius 2 is 1.86 bits per heavy atom. The van der Waals surface area contributed by atoms with Gasteiger partial charge in [-0.05, 0) is 6.92 Å². The molecule has 82 valence electrons. The van der Waals surface area contributed by atoms with E-state index in [1.807, 2.05) is 0 Å². The van der Waals surface area contributed by atoms with Gasteiger partial charge in [0.25, 0.3) is 0 Å². The van der Waals surface area contributed by atoms with Crippen LogP contribution in [0.15, 0.2) is 0 Å². The van der Waals surface area contributed by atoms with E-state index in [1.165, 1.54) is 0 Å². The second-order valence-electron chi connectivity index (χ2n) is 3.09. The number of nitrogens with one attached hydrogen (secondary N) is 1. The van der Waals surface area contributed by atoms with E-state index >= 15 is 0 Å². The van der Waals surface area contributed by atoms with E-state index in [9.17, 15) is 16.8 Å². The first-order valence-electron chi connectivity index (χ1n) is 3.77. The molecule has 0 radical (unpaired) electrons. The third-order valence-corrected chi connectivity index (χ3v) is 4.89. The normalized spacial score (nSPS) is 14.6. The SMILES string of the molecule is C#CCC(C)NS(=O)(=O)CS(C)(=O)=O. The van der Waals surface area contributed by atoms with E-state index < -0.39 is 31.0 Å². The summed E-state index contributed by atoms with van der Waals surface area (Å²) in [6.45, 7) is 1.57. The number of hydrogen-bond acceptors (Lipinski definition) is 4. The Morgan fingerprint density at radius 1 is 1.36 bits per heavy atom.